The highest BCUT2D eigenvalue weighted by Gasteiger charge is 2.54. The van der Waals surface area contributed by atoms with Gasteiger partial charge in [-0.1, -0.05) is 26.8 Å². The quantitative estimate of drug-likeness (QED) is 0.115. The van der Waals surface area contributed by atoms with E-state index in [1.54, 1.807) is 87.5 Å². The van der Waals surface area contributed by atoms with Crippen LogP contribution in [0.15, 0.2) is 24.3 Å². The van der Waals surface area contributed by atoms with Crippen LogP contribution in [0.1, 0.15) is 101 Å². The summed E-state index contributed by atoms with van der Waals surface area (Å²) in [6.45, 7) is 17.1. The molecule has 0 saturated carbocycles. The van der Waals surface area contributed by atoms with Crippen LogP contribution in [0.2, 0.25) is 0 Å². The van der Waals surface area contributed by atoms with Gasteiger partial charge in [0.2, 0.25) is 5.91 Å². The number of likely N-dealkylation sites (N-methyl/N-ethyl adjacent to an activating group) is 2. The third-order valence-corrected chi connectivity index (χ3v) is 15.6. The summed E-state index contributed by atoms with van der Waals surface area (Å²) in [4.78, 5) is 58.0. The van der Waals surface area contributed by atoms with E-state index in [0.29, 0.717) is 12.2 Å². The number of amides is 2. The molecule has 6 N–H and O–H groups in total. The van der Waals surface area contributed by atoms with Gasteiger partial charge in [0.05, 0.1) is 72.8 Å². The lowest BCUT2D eigenvalue weighted by Crippen LogP contribution is -2.65. The van der Waals surface area contributed by atoms with Gasteiger partial charge in [-0.3, -0.25) is 19.3 Å². The molecule has 4 aliphatic heterocycles. The molecule has 0 spiro atoms. The van der Waals surface area contributed by atoms with Crippen LogP contribution in [0.4, 0.5) is 14.9 Å². The van der Waals surface area contributed by atoms with Crippen molar-refractivity contribution in [2.75, 3.05) is 52.8 Å². The van der Waals surface area contributed by atoms with Crippen LogP contribution in [-0.2, 0) is 52.3 Å². The monoisotopic (exact) mass is 1060 g/mol. The van der Waals surface area contributed by atoms with Gasteiger partial charge < -0.3 is 78.5 Å². The van der Waals surface area contributed by atoms with Gasteiger partial charge in [-0.2, -0.15) is 0 Å². The van der Waals surface area contributed by atoms with Crippen LogP contribution >= 0.6 is 0 Å². The number of nitrogens with zero attached hydrogens (tertiary/aromatic N) is 3. The fourth-order valence-corrected chi connectivity index (χ4v) is 11.2. The topological polar surface area (TPSA) is 265 Å². The van der Waals surface area contributed by atoms with E-state index in [0.717, 1.165) is 0 Å². The zero-order valence-corrected chi connectivity index (χ0v) is 45.6. The van der Waals surface area contributed by atoms with Crippen LogP contribution in [-0.4, -0.2) is 210 Å². The Labute approximate surface area is 435 Å². The number of methoxy groups -OCH3 is 1. The standard InChI is InChI=1S/C52H85FN4O17/c1-15-36-52(10,66)44(61)30(5)56(13)25-27(2)22-50(8,65)46(28(3)42(29(4)47(63)71-36)73-39-23-51(9,67-14)45(62)32(7)68-39)74-48-41(60)40(55(11)12)43(31(6)69-48)72-38(59)20-19-37(58)54-24-35-26-57(49(64)70-35)34-18-16-17-33(53)21-34/h16-18,21,27-32,35-36,39-46,48,60-62,65-66H,15,19-20,22-26H2,1-14H3,(H,54,58)/t27-,28+,29-,30-,31-,32+,35+,36-,39+,40-,41-,42+,43-,44-,45+,46-,48+,50-,51-,52-/m1/s1. The molecule has 4 aliphatic rings. The number of nitrogens with one attached hydrogen (secondary N) is 1. The minimum atomic E-state index is -1.89. The van der Waals surface area contributed by atoms with Crippen LogP contribution in [0.3, 0.4) is 0 Å². The fraction of sp³-hybridized carbons (Fsp3) is 0.808. The van der Waals surface area contributed by atoms with Gasteiger partial charge in [0.15, 0.2) is 12.6 Å². The summed E-state index contributed by atoms with van der Waals surface area (Å²) >= 11 is 0. The minimum absolute atomic E-state index is 0.0364. The molecule has 0 unspecified atom stereocenters. The van der Waals surface area contributed by atoms with Crippen molar-refractivity contribution < 1.29 is 87.0 Å². The number of cyclic esters (lactones) is 2. The SMILES string of the molecule is CC[C@H]1OC(=O)[C@H](C)[C@@H](O[C@H]2C[C@@](C)(OC)[C@@H](O)[C@H](C)O2)[C@H](C)[C@@H](O[C@@H]2O[C@H](C)[C@@H](OC(=O)CCC(=O)NC[C@H]3CN(c4cccc(F)c4)C(=O)O3)[C@H](N(C)C)[C@H]2O)[C@](C)(O)C[C@@H](C)CN(C)[C@H](C)[C@@H](O)[C@]1(C)O. The summed E-state index contributed by atoms with van der Waals surface area (Å²) in [6, 6.07) is 3.90. The molecular weight excluding hydrogens is 972 g/mol. The first-order valence-corrected chi connectivity index (χ1v) is 25.9. The van der Waals surface area contributed by atoms with Crippen LogP contribution in [0, 0.1) is 23.6 Å². The molecule has 4 saturated heterocycles. The van der Waals surface area contributed by atoms with E-state index in [1.165, 1.54) is 37.1 Å². The molecule has 4 heterocycles. The number of esters is 2. The molecule has 21 nitrogen and oxygen atoms in total. The van der Waals surface area contributed by atoms with Crippen molar-refractivity contribution in [3.05, 3.63) is 30.1 Å². The Bertz CT molecular complexity index is 2050. The van der Waals surface area contributed by atoms with Gasteiger partial charge in [0, 0.05) is 38.5 Å². The van der Waals surface area contributed by atoms with Crippen molar-refractivity contribution in [1.82, 2.24) is 15.1 Å². The van der Waals surface area contributed by atoms with Gasteiger partial charge in [-0.25, -0.2) is 9.18 Å². The summed E-state index contributed by atoms with van der Waals surface area (Å²) in [5.74, 6) is -4.95. The number of hydrogen-bond acceptors (Lipinski definition) is 19. The number of carbonyl (C=O) groups is 4. The molecule has 2 amide bonds. The molecule has 4 fully saturated rings. The Balaban J connectivity index is 1.38. The Hall–Kier alpha value is -3.65. The Kier molecular flexibility index (Phi) is 20.9. The van der Waals surface area contributed by atoms with Gasteiger partial charge in [-0.05, 0) is 107 Å². The summed E-state index contributed by atoms with van der Waals surface area (Å²) in [7, 11) is 6.60. The molecule has 5 rings (SSSR count). The first-order valence-electron chi connectivity index (χ1n) is 25.9. The number of ether oxygens (including phenoxy) is 8. The predicted octanol–water partition coefficient (Wildman–Crippen LogP) is 2.48. The number of anilines is 1. The summed E-state index contributed by atoms with van der Waals surface area (Å²) in [5, 5.41) is 62.3. The molecule has 1 aromatic carbocycles. The summed E-state index contributed by atoms with van der Waals surface area (Å²) in [6.07, 6.45) is -14.6. The average molecular weight is 1060 g/mol. The normalized spacial score (nSPS) is 41.2. The Morgan fingerprint density at radius 2 is 1.58 bits per heavy atom. The second-order valence-corrected chi connectivity index (χ2v) is 22.1. The van der Waals surface area contributed by atoms with Crippen molar-refractivity contribution in [3.63, 3.8) is 0 Å². The predicted molar refractivity (Wildman–Crippen MR) is 266 cm³/mol. The van der Waals surface area contributed by atoms with Crippen LogP contribution < -0.4 is 10.2 Å². The van der Waals surface area contributed by atoms with E-state index in [1.807, 2.05) is 11.8 Å². The van der Waals surface area contributed by atoms with Gasteiger partial charge in [-0.15, -0.1) is 0 Å². The third kappa shape index (κ3) is 14.3. The molecule has 0 aliphatic carbocycles. The number of aliphatic hydroxyl groups excluding tert-OH is 3. The fourth-order valence-electron chi connectivity index (χ4n) is 11.2. The highest BCUT2D eigenvalue weighted by atomic mass is 19.1. The molecule has 0 bridgehead atoms. The molecule has 1 aromatic rings. The van der Waals surface area contributed by atoms with E-state index >= 15 is 0 Å². The summed E-state index contributed by atoms with van der Waals surface area (Å²) in [5.41, 5.74) is -4.45. The molecule has 0 aromatic heterocycles. The molecule has 422 valence electrons. The minimum Gasteiger partial charge on any atom is -0.459 e. The lowest BCUT2D eigenvalue weighted by molar-refractivity contribution is -0.327. The Morgan fingerprint density at radius 3 is 2.20 bits per heavy atom. The van der Waals surface area contributed by atoms with Crippen molar-refractivity contribution in [3.8, 4) is 0 Å². The number of hydrogen-bond donors (Lipinski definition) is 6. The van der Waals surface area contributed by atoms with Crippen molar-refractivity contribution in [1.29, 1.82) is 0 Å². The van der Waals surface area contributed by atoms with Gasteiger partial charge in [0.1, 0.15) is 48.0 Å². The van der Waals surface area contributed by atoms with E-state index < -0.39 is 144 Å². The van der Waals surface area contributed by atoms with E-state index in [-0.39, 0.29) is 51.1 Å². The van der Waals surface area contributed by atoms with Crippen molar-refractivity contribution in [2.24, 2.45) is 17.8 Å². The third-order valence-electron chi connectivity index (χ3n) is 15.6. The van der Waals surface area contributed by atoms with E-state index in [9.17, 15) is 49.1 Å². The largest absolute Gasteiger partial charge is 0.459 e. The number of rotatable bonds is 14. The lowest BCUT2D eigenvalue weighted by Gasteiger charge is -2.50. The van der Waals surface area contributed by atoms with Gasteiger partial charge in [0.25, 0.3) is 0 Å². The maximum atomic E-state index is 14.5. The zero-order valence-electron chi connectivity index (χ0n) is 45.6. The van der Waals surface area contributed by atoms with Crippen LogP contribution in [0.5, 0.6) is 0 Å². The van der Waals surface area contributed by atoms with E-state index in [4.69, 9.17) is 37.9 Å². The number of benzene rings is 1. The number of carbonyl (C=O) groups excluding carboxylic acids is 4. The summed E-state index contributed by atoms with van der Waals surface area (Å²) < 4.78 is 63.0. The first kappa shape index (κ1) is 61.2. The molecule has 74 heavy (non-hydrogen) atoms. The first-order chi connectivity index (χ1) is 34.5. The molecule has 0 radical (unpaired) electrons. The molecule has 20 atom stereocenters. The number of halogens is 1. The number of aliphatic hydroxyl groups is 5. The maximum Gasteiger partial charge on any atom is 0.414 e. The maximum absolute atomic E-state index is 14.5. The van der Waals surface area contributed by atoms with Gasteiger partial charge >= 0.3 is 18.0 Å². The average Bonchev–Trinajstić information content (AvgIpc) is 3.71. The van der Waals surface area contributed by atoms with Crippen LogP contribution in [0.25, 0.3) is 0 Å². The smallest absolute Gasteiger partial charge is 0.414 e. The highest BCUT2D eigenvalue weighted by molar-refractivity contribution is 5.90. The molecule has 22 heteroatoms. The lowest BCUT2D eigenvalue weighted by atomic mass is 9.77. The molecular formula is C52H85FN4O17. The second kappa shape index (κ2) is 25.2. The van der Waals surface area contributed by atoms with Crippen molar-refractivity contribution in [2.45, 2.75) is 204 Å². The van der Waals surface area contributed by atoms with Crippen molar-refractivity contribution >= 4 is 29.6 Å². The van der Waals surface area contributed by atoms with E-state index in [2.05, 4.69) is 5.32 Å². The zero-order chi connectivity index (χ0) is 55.4. The second-order valence-electron chi connectivity index (χ2n) is 22.1. The Morgan fingerprint density at radius 1 is 0.905 bits per heavy atom. The highest BCUT2D eigenvalue weighted by Crippen LogP contribution is 2.41.